The maximum Gasteiger partial charge on any atom is 0.296 e. The van der Waals surface area contributed by atoms with Crippen LogP contribution in [0.5, 0.6) is 0 Å². The zero-order valence-corrected chi connectivity index (χ0v) is 24.7. The number of thioether (sulfide) groups is 1. The van der Waals surface area contributed by atoms with Crippen molar-refractivity contribution in [3.8, 4) is 11.8 Å². The van der Waals surface area contributed by atoms with Crippen molar-refractivity contribution in [3.05, 3.63) is 78.3 Å². The number of anilines is 2. The van der Waals surface area contributed by atoms with Crippen molar-refractivity contribution in [2.75, 3.05) is 22.9 Å². The van der Waals surface area contributed by atoms with Gasteiger partial charge in [0.25, 0.3) is 17.0 Å². The van der Waals surface area contributed by atoms with Gasteiger partial charge in [-0.05, 0) is 56.4 Å². The highest BCUT2D eigenvalue weighted by Crippen LogP contribution is 2.38. The van der Waals surface area contributed by atoms with Crippen LogP contribution in [0, 0.1) is 31.1 Å². The van der Waals surface area contributed by atoms with Crippen molar-refractivity contribution in [2.24, 2.45) is 20.0 Å². The molecule has 4 heterocycles. The molecule has 40 heavy (non-hydrogen) atoms. The monoisotopic (exact) mass is 574 g/mol. The van der Waals surface area contributed by atoms with Crippen LogP contribution in [0.1, 0.15) is 42.1 Å². The van der Waals surface area contributed by atoms with Crippen molar-refractivity contribution in [3.63, 3.8) is 0 Å². The van der Waals surface area contributed by atoms with Crippen LogP contribution in [-0.2, 0) is 18.9 Å². The summed E-state index contributed by atoms with van der Waals surface area (Å²) in [6.07, 6.45) is 3.68. The topological polar surface area (TPSA) is 96.3 Å². The Labute approximate surface area is 241 Å². The lowest BCUT2D eigenvalue weighted by Crippen LogP contribution is -2.38. The summed E-state index contributed by atoms with van der Waals surface area (Å²) >= 11 is 6.74. The molecule has 2 fully saturated rings. The third-order valence-electron chi connectivity index (χ3n) is 7.87. The predicted molar refractivity (Wildman–Crippen MR) is 163 cm³/mol. The summed E-state index contributed by atoms with van der Waals surface area (Å²) in [5, 5.41) is 9.77. The van der Waals surface area contributed by atoms with E-state index in [2.05, 4.69) is 11.8 Å². The Bertz CT molecular complexity index is 1730. The van der Waals surface area contributed by atoms with Crippen LogP contribution in [-0.4, -0.2) is 37.2 Å². The zero-order chi connectivity index (χ0) is 28.9. The average Bonchev–Trinajstić information content (AvgIpc) is 3.33. The summed E-state index contributed by atoms with van der Waals surface area (Å²) in [7, 11) is 3.43. The normalized spacial score (nSPS) is 17.2. The van der Waals surface area contributed by atoms with Crippen LogP contribution < -0.4 is 20.9 Å². The molecule has 5 rings (SSSR count). The second-order valence-electron chi connectivity index (χ2n) is 10.3. The van der Waals surface area contributed by atoms with Crippen LogP contribution in [0.3, 0.4) is 0 Å². The molecule has 9 nitrogen and oxygen atoms in total. The molecule has 0 radical (unpaired) electrons. The van der Waals surface area contributed by atoms with Crippen LogP contribution in [0.25, 0.3) is 11.8 Å². The number of hydrogen-bond donors (Lipinski definition) is 0. The van der Waals surface area contributed by atoms with Crippen LogP contribution in [0.2, 0.25) is 0 Å². The quantitative estimate of drug-likeness (QED) is 0.343. The maximum atomic E-state index is 13.9. The van der Waals surface area contributed by atoms with Crippen molar-refractivity contribution in [1.82, 2.24) is 13.9 Å². The molecule has 2 aliphatic rings. The number of rotatable bonds is 4. The first-order chi connectivity index (χ1) is 19.1. The van der Waals surface area contributed by atoms with Gasteiger partial charge in [-0.3, -0.25) is 28.5 Å². The number of thiocarbonyl (C=S) groups is 1. The molecule has 2 saturated heterocycles. The summed E-state index contributed by atoms with van der Waals surface area (Å²) in [6.45, 7) is 7.27. The molecule has 0 saturated carbocycles. The molecule has 0 aliphatic carbocycles. The fourth-order valence-corrected chi connectivity index (χ4v) is 6.67. The van der Waals surface area contributed by atoms with E-state index in [1.807, 2.05) is 36.4 Å². The van der Waals surface area contributed by atoms with Gasteiger partial charge >= 0.3 is 0 Å². The lowest BCUT2D eigenvalue weighted by molar-refractivity contribution is -0.113. The third kappa shape index (κ3) is 4.41. The maximum absolute atomic E-state index is 13.9. The first-order valence-electron chi connectivity index (χ1n) is 13.1. The van der Waals surface area contributed by atoms with Gasteiger partial charge in [-0.1, -0.05) is 49.1 Å². The number of aromatic nitrogens is 3. The summed E-state index contributed by atoms with van der Waals surface area (Å²) in [5.74, 6) is 0.855. The van der Waals surface area contributed by atoms with E-state index in [4.69, 9.17) is 12.2 Å². The molecular weight excluding hydrogens is 544 g/mol. The molecule has 0 atom stereocenters. The molecule has 2 aliphatic heterocycles. The van der Waals surface area contributed by atoms with Gasteiger partial charge in [-0.15, -0.1) is 0 Å². The average molecular weight is 575 g/mol. The molecular formula is C29H30N6O3S2. The Morgan fingerprint density at radius 3 is 2.33 bits per heavy atom. The number of piperidine rings is 1. The van der Waals surface area contributed by atoms with E-state index in [1.54, 1.807) is 38.7 Å². The molecule has 1 aromatic carbocycles. The van der Waals surface area contributed by atoms with Gasteiger partial charge in [-0.2, -0.15) is 5.26 Å². The van der Waals surface area contributed by atoms with E-state index in [1.165, 1.54) is 14.1 Å². The fourth-order valence-electron chi connectivity index (χ4n) is 5.42. The van der Waals surface area contributed by atoms with E-state index in [9.17, 15) is 19.6 Å². The largest absolute Gasteiger partial charge is 0.357 e. The number of hydrogen-bond acceptors (Lipinski definition) is 7. The van der Waals surface area contributed by atoms with Crippen LogP contribution in [0.15, 0.2) is 44.8 Å². The standard InChI is InChI=1S/C29H30N6O3S2/c1-17-11-13-33(14-12-17)25-21(18(2)22(16-30)26(36)31(25)4)15-23-27(37)34(29(39)40-23)24-19(3)32(5)35(28(24)38)20-9-7-6-8-10-20/h6-10,15,17H,11-14H2,1-5H3. The van der Waals surface area contributed by atoms with Gasteiger partial charge < -0.3 is 4.90 Å². The van der Waals surface area contributed by atoms with Crippen LogP contribution >= 0.6 is 24.0 Å². The minimum absolute atomic E-state index is 0.0445. The van der Waals surface area contributed by atoms with E-state index in [0.717, 1.165) is 37.7 Å². The first kappa shape index (κ1) is 27.7. The molecule has 0 unspecified atom stereocenters. The Kier molecular flexibility index (Phi) is 7.33. The summed E-state index contributed by atoms with van der Waals surface area (Å²) in [6, 6.07) is 11.3. The highest BCUT2D eigenvalue weighted by molar-refractivity contribution is 8.27. The van der Waals surface area contributed by atoms with Crippen molar-refractivity contribution in [1.29, 1.82) is 5.26 Å². The Hall–Kier alpha value is -3.88. The number of amides is 1. The number of nitriles is 1. The van der Waals surface area contributed by atoms with E-state index >= 15 is 0 Å². The molecule has 206 valence electrons. The first-order valence-corrected chi connectivity index (χ1v) is 14.3. The number of pyridine rings is 1. The van der Waals surface area contributed by atoms with Gasteiger partial charge in [0.2, 0.25) is 0 Å². The summed E-state index contributed by atoms with van der Waals surface area (Å²) in [4.78, 5) is 44.4. The van der Waals surface area contributed by atoms with Crippen molar-refractivity contribution < 1.29 is 4.79 Å². The number of carbonyl (C=O) groups is 1. The lowest BCUT2D eigenvalue weighted by atomic mass is 9.97. The SMILES string of the molecule is Cc1c(C=C2SC(=S)N(c3c(C)n(C)n(-c4ccccc4)c3=O)C2=O)c(N2CCC(C)CC2)n(C)c(=O)c1C#N. The van der Waals surface area contributed by atoms with E-state index in [-0.39, 0.29) is 26.7 Å². The number of para-hydroxylation sites is 1. The van der Waals surface area contributed by atoms with Gasteiger partial charge in [-0.25, -0.2) is 4.68 Å². The number of carbonyl (C=O) groups excluding carboxylic acids is 1. The molecule has 3 aromatic rings. The van der Waals surface area contributed by atoms with E-state index in [0.29, 0.717) is 39.1 Å². The Morgan fingerprint density at radius 1 is 1.05 bits per heavy atom. The van der Waals surface area contributed by atoms with Gasteiger partial charge in [0.15, 0.2) is 4.32 Å². The number of nitrogens with zero attached hydrogens (tertiary/aromatic N) is 6. The Balaban J connectivity index is 1.63. The smallest absolute Gasteiger partial charge is 0.296 e. The molecule has 0 spiro atoms. The highest BCUT2D eigenvalue weighted by Gasteiger charge is 2.38. The van der Waals surface area contributed by atoms with E-state index < -0.39 is 5.91 Å². The molecule has 0 N–H and O–H groups in total. The predicted octanol–water partition coefficient (Wildman–Crippen LogP) is 4.01. The zero-order valence-electron chi connectivity index (χ0n) is 23.1. The lowest BCUT2D eigenvalue weighted by Gasteiger charge is -2.34. The molecule has 0 bridgehead atoms. The second-order valence-corrected chi connectivity index (χ2v) is 12.0. The van der Waals surface area contributed by atoms with Crippen molar-refractivity contribution in [2.45, 2.75) is 33.6 Å². The summed E-state index contributed by atoms with van der Waals surface area (Å²) < 4.78 is 4.98. The Morgan fingerprint density at radius 2 is 1.70 bits per heavy atom. The minimum Gasteiger partial charge on any atom is -0.357 e. The fraction of sp³-hybridized carbons (Fsp3) is 0.345. The third-order valence-corrected chi connectivity index (χ3v) is 9.17. The summed E-state index contributed by atoms with van der Waals surface area (Å²) in [5.41, 5.74) is 1.97. The molecule has 11 heteroatoms. The molecule has 1 amide bonds. The highest BCUT2D eigenvalue weighted by atomic mass is 32.2. The number of benzene rings is 1. The molecule has 2 aromatic heterocycles. The van der Waals surface area contributed by atoms with Gasteiger partial charge in [0.05, 0.1) is 16.3 Å². The van der Waals surface area contributed by atoms with Gasteiger partial charge in [0, 0.05) is 32.7 Å². The van der Waals surface area contributed by atoms with Crippen molar-refractivity contribution >= 4 is 51.8 Å². The minimum atomic E-state index is -0.411. The van der Waals surface area contributed by atoms with Crippen LogP contribution in [0.4, 0.5) is 11.5 Å². The second kappa shape index (κ2) is 10.6. The van der Waals surface area contributed by atoms with Gasteiger partial charge in [0.1, 0.15) is 23.1 Å².